The molecular weight excluding hydrogens is 278 g/mol. The van der Waals surface area contributed by atoms with Crippen LogP contribution in [0.5, 0.6) is 0 Å². The van der Waals surface area contributed by atoms with E-state index >= 15 is 0 Å². The maximum absolute atomic E-state index is 11.4. The van der Waals surface area contributed by atoms with Gasteiger partial charge in [-0.25, -0.2) is 13.4 Å². The minimum atomic E-state index is -3.09. The van der Waals surface area contributed by atoms with Crippen LogP contribution in [-0.2, 0) is 16.6 Å². The number of hydrogen-bond donors (Lipinski definition) is 1. The van der Waals surface area contributed by atoms with Crippen LogP contribution >= 0.6 is 0 Å². The Morgan fingerprint density at radius 2 is 1.90 bits per heavy atom. The first-order valence-electron chi connectivity index (χ1n) is 6.72. The first-order chi connectivity index (χ1) is 9.50. The average Bonchev–Trinajstić information content (AvgIpc) is 2.45. The Hall–Kier alpha value is -1.25. The molecule has 112 valence electrons. The summed E-state index contributed by atoms with van der Waals surface area (Å²) in [7, 11) is -3.09. The van der Waals surface area contributed by atoms with E-state index in [1.54, 1.807) is 12.4 Å². The van der Waals surface area contributed by atoms with Gasteiger partial charge in [-0.2, -0.15) is 4.31 Å². The Morgan fingerprint density at radius 1 is 1.20 bits per heavy atom. The molecule has 0 atom stereocenters. The first kappa shape index (κ1) is 15.1. The highest BCUT2D eigenvalue weighted by atomic mass is 32.2. The number of nitrogens with one attached hydrogen (secondary N) is 1. The molecule has 0 spiro atoms. The standard InChI is InChI=1S/C12H21N5O2S/c1-3-13-8-11-9-15-12(10-14-11)16-4-6-17(7-5-16)20(2,18)19/h9-10,13H,3-8H2,1-2H3. The molecule has 0 radical (unpaired) electrons. The van der Waals surface area contributed by atoms with Gasteiger partial charge in [0.05, 0.1) is 24.3 Å². The van der Waals surface area contributed by atoms with Gasteiger partial charge >= 0.3 is 0 Å². The molecule has 2 heterocycles. The number of rotatable bonds is 5. The van der Waals surface area contributed by atoms with E-state index in [1.165, 1.54) is 10.6 Å². The molecule has 0 unspecified atom stereocenters. The van der Waals surface area contributed by atoms with Crippen molar-refractivity contribution in [3.05, 3.63) is 18.1 Å². The summed E-state index contributed by atoms with van der Waals surface area (Å²) in [5.41, 5.74) is 0.908. The Kier molecular flexibility index (Phi) is 4.90. The molecule has 1 aromatic heterocycles. The maximum atomic E-state index is 11.4. The predicted octanol–water partition coefficient (Wildman–Crippen LogP) is -0.332. The summed E-state index contributed by atoms with van der Waals surface area (Å²) in [4.78, 5) is 10.8. The van der Waals surface area contributed by atoms with Gasteiger partial charge < -0.3 is 10.2 Å². The fourth-order valence-electron chi connectivity index (χ4n) is 2.10. The highest BCUT2D eigenvalue weighted by molar-refractivity contribution is 7.88. The van der Waals surface area contributed by atoms with E-state index in [9.17, 15) is 8.42 Å². The lowest BCUT2D eigenvalue weighted by Gasteiger charge is -2.33. The topological polar surface area (TPSA) is 78.4 Å². The molecule has 1 saturated heterocycles. The highest BCUT2D eigenvalue weighted by Crippen LogP contribution is 2.13. The highest BCUT2D eigenvalue weighted by Gasteiger charge is 2.23. The van der Waals surface area contributed by atoms with Gasteiger partial charge in [0.2, 0.25) is 10.0 Å². The number of piperazine rings is 1. The molecule has 0 aliphatic carbocycles. The molecule has 0 aromatic carbocycles. The fraction of sp³-hybridized carbons (Fsp3) is 0.667. The SMILES string of the molecule is CCNCc1cnc(N2CCN(S(C)(=O)=O)CC2)cn1. The van der Waals surface area contributed by atoms with Gasteiger partial charge in [-0.05, 0) is 6.54 Å². The number of nitrogens with zero attached hydrogens (tertiary/aromatic N) is 4. The van der Waals surface area contributed by atoms with Crippen LogP contribution < -0.4 is 10.2 Å². The minimum Gasteiger partial charge on any atom is -0.353 e. The molecule has 2 rings (SSSR count). The van der Waals surface area contributed by atoms with Crippen molar-refractivity contribution in [1.82, 2.24) is 19.6 Å². The normalized spacial score (nSPS) is 17.4. The van der Waals surface area contributed by atoms with Crippen molar-refractivity contribution < 1.29 is 8.42 Å². The Bertz CT molecular complexity index is 523. The zero-order chi connectivity index (χ0) is 14.6. The molecule has 7 nitrogen and oxygen atoms in total. The molecule has 20 heavy (non-hydrogen) atoms. The van der Waals surface area contributed by atoms with E-state index in [0.29, 0.717) is 32.7 Å². The summed E-state index contributed by atoms with van der Waals surface area (Å²) in [6.07, 6.45) is 4.77. The van der Waals surface area contributed by atoms with Crippen LogP contribution in [-0.4, -0.2) is 61.7 Å². The van der Waals surface area contributed by atoms with Gasteiger partial charge in [0.25, 0.3) is 0 Å². The van der Waals surface area contributed by atoms with Crippen molar-refractivity contribution >= 4 is 15.8 Å². The zero-order valence-corrected chi connectivity index (χ0v) is 12.7. The van der Waals surface area contributed by atoms with E-state index < -0.39 is 10.0 Å². The van der Waals surface area contributed by atoms with Crippen LogP contribution in [0.15, 0.2) is 12.4 Å². The van der Waals surface area contributed by atoms with E-state index in [-0.39, 0.29) is 0 Å². The van der Waals surface area contributed by atoms with Crippen molar-refractivity contribution in [2.45, 2.75) is 13.5 Å². The van der Waals surface area contributed by atoms with Crippen LogP contribution in [0.3, 0.4) is 0 Å². The summed E-state index contributed by atoms with van der Waals surface area (Å²) in [6.45, 7) is 5.95. The van der Waals surface area contributed by atoms with E-state index in [4.69, 9.17) is 0 Å². The second kappa shape index (κ2) is 6.47. The lowest BCUT2D eigenvalue weighted by atomic mass is 10.3. The van der Waals surface area contributed by atoms with Crippen LogP contribution in [0.2, 0.25) is 0 Å². The second-order valence-corrected chi connectivity index (χ2v) is 6.78. The monoisotopic (exact) mass is 299 g/mol. The van der Waals surface area contributed by atoms with Gasteiger partial charge in [0, 0.05) is 32.7 Å². The Morgan fingerprint density at radius 3 is 2.40 bits per heavy atom. The molecule has 1 aliphatic heterocycles. The number of anilines is 1. The lowest BCUT2D eigenvalue weighted by Crippen LogP contribution is -2.48. The maximum Gasteiger partial charge on any atom is 0.211 e. The molecular formula is C12H21N5O2S. The van der Waals surface area contributed by atoms with E-state index in [1.807, 2.05) is 6.92 Å². The molecule has 1 N–H and O–H groups in total. The van der Waals surface area contributed by atoms with Gasteiger partial charge in [0.15, 0.2) is 0 Å². The largest absolute Gasteiger partial charge is 0.353 e. The average molecular weight is 299 g/mol. The molecule has 1 aliphatic rings. The van der Waals surface area contributed by atoms with Gasteiger partial charge in [-0.3, -0.25) is 4.98 Å². The quantitative estimate of drug-likeness (QED) is 0.802. The molecule has 0 saturated carbocycles. The minimum absolute atomic E-state index is 0.500. The van der Waals surface area contributed by atoms with Crippen molar-refractivity contribution in [3.8, 4) is 0 Å². The van der Waals surface area contributed by atoms with Crippen LogP contribution in [0, 0.1) is 0 Å². The number of aromatic nitrogens is 2. The second-order valence-electron chi connectivity index (χ2n) is 4.80. The number of sulfonamides is 1. The number of hydrogen-bond acceptors (Lipinski definition) is 6. The van der Waals surface area contributed by atoms with Crippen molar-refractivity contribution in [3.63, 3.8) is 0 Å². The Balaban J connectivity index is 1.93. The predicted molar refractivity (Wildman–Crippen MR) is 78.0 cm³/mol. The van der Waals surface area contributed by atoms with Gasteiger partial charge in [-0.1, -0.05) is 6.92 Å². The molecule has 1 fully saturated rings. The van der Waals surface area contributed by atoms with Crippen LogP contribution in [0.1, 0.15) is 12.6 Å². The fourth-order valence-corrected chi connectivity index (χ4v) is 2.93. The smallest absolute Gasteiger partial charge is 0.211 e. The zero-order valence-electron chi connectivity index (χ0n) is 11.9. The van der Waals surface area contributed by atoms with Crippen molar-refractivity contribution in [2.24, 2.45) is 0 Å². The van der Waals surface area contributed by atoms with E-state index in [0.717, 1.165) is 18.1 Å². The summed E-state index contributed by atoms with van der Waals surface area (Å²) in [6, 6.07) is 0. The van der Waals surface area contributed by atoms with Gasteiger partial charge in [0.1, 0.15) is 5.82 Å². The van der Waals surface area contributed by atoms with E-state index in [2.05, 4.69) is 20.2 Å². The lowest BCUT2D eigenvalue weighted by molar-refractivity contribution is 0.387. The third kappa shape index (κ3) is 3.87. The summed E-state index contributed by atoms with van der Waals surface area (Å²) in [5, 5.41) is 3.20. The summed E-state index contributed by atoms with van der Waals surface area (Å²) < 4.78 is 24.4. The molecule has 1 aromatic rings. The van der Waals surface area contributed by atoms with Crippen LogP contribution in [0.4, 0.5) is 5.82 Å². The molecule has 0 bridgehead atoms. The third-order valence-corrected chi connectivity index (χ3v) is 4.58. The summed E-state index contributed by atoms with van der Waals surface area (Å²) >= 11 is 0. The Labute approximate surface area is 120 Å². The molecule has 0 amide bonds. The van der Waals surface area contributed by atoms with Crippen molar-refractivity contribution in [1.29, 1.82) is 0 Å². The molecule has 8 heteroatoms. The van der Waals surface area contributed by atoms with Crippen LogP contribution in [0.25, 0.3) is 0 Å². The van der Waals surface area contributed by atoms with Crippen molar-refractivity contribution in [2.75, 3.05) is 43.9 Å². The summed E-state index contributed by atoms with van der Waals surface area (Å²) in [5.74, 6) is 0.804. The third-order valence-electron chi connectivity index (χ3n) is 3.28. The first-order valence-corrected chi connectivity index (χ1v) is 8.57. The van der Waals surface area contributed by atoms with Gasteiger partial charge in [-0.15, -0.1) is 0 Å².